The maximum Gasteiger partial charge on any atom is 0.282 e. The normalized spacial score (nSPS) is 13.9. The van der Waals surface area contributed by atoms with Crippen LogP contribution in [0.15, 0.2) is 72.4 Å². The lowest BCUT2D eigenvalue weighted by Gasteiger charge is -2.16. The van der Waals surface area contributed by atoms with E-state index in [1.165, 1.54) is 24.3 Å². The van der Waals surface area contributed by atoms with Crippen molar-refractivity contribution in [3.05, 3.63) is 100.0 Å². The van der Waals surface area contributed by atoms with Crippen molar-refractivity contribution >= 4 is 40.4 Å². The van der Waals surface area contributed by atoms with Crippen molar-refractivity contribution in [2.75, 3.05) is 10.2 Å². The monoisotopic (exact) mass is 420 g/mol. The molecular weight excluding hydrogens is 403 g/mol. The van der Waals surface area contributed by atoms with Crippen LogP contribution in [-0.2, 0) is 9.59 Å². The van der Waals surface area contributed by atoms with E-state index in [-0.39, 0.29) is 11.3 Å². The van der Waals surface area contributed by atoms with Gasteiger partial charge in [0.05, 0.1) is 11.3 Å². The van der Waals surface area contributed by atoms with Crippen molar-refractivity contribution in [2.45, 2.75) is 13.8 Å². The minimum absolute atomic E-state index is 0.139. The van der Waals surface area contributed by atoms with Crippen LogP contribution in [0.1, 0.15) is 16.7 Å². The number of benzene rings is 3. The highest BCUT2D eigenvalue weighted by Gasteiger charge is 2.40. The number of hydrogen-bond donors (Lipinski definition) is 1. The van der Waals surface area contributed by atoms with Gasteiger partial charge in [0.25, 0.3) is 11.8 Å². The molecule has 150 valence electrons. The second-order valence-corrected chi connectivity index (χ2v) is 7.56. The Hall–Kier alpha value is -3.44. The summed E-state index contributed by atoms with van der Waals surface area (Å²) in [6.45, 7) is 3.86. The molecular formula is C24H18ClFN2O2. The van der Waals surface area contributed by atoms with Crippen LogP contribution in [0.5, 0.6) is 0 Å². The van der Waals surface area contributed by atoms with Gasteiger partial charge >= 0.3 is 0 Å². The van der Waals surface area contributed by atoms with Gasteiger partial charge in [-0.25, -0.2) is 9.29 Å². The van der Waals surface area contributed by atoms with Gasteiger partial charge in [-0.15, -0.1) is 0 Å². The molecule has 3 aromatic carbocycles. The summed E-state index contributed by atoms with van der Waals surface area (Å²) in [6.07, 6.45) is 0. The molecule has 0 unspecified atom stereocenters. The van der Waals surface area contributed by atoms with E-state index in [0.717, 1.165) is 21.7 Å². The van der Waals surface area contributed by atoms with E-state index in [0.29, 0.717) is 16.3 Å². The summed E-state index contributed by atoms with van der Waals surface area (Å²) in [6, 6.07) is 17.8. The first-order valence-corrected chi connectivity index (χ1v) is 9.72. The summed E-state index contributed by atoms with van der Waals surface area (Å²) in [5.74, 6) is -1.42. The van der Waals surface area contributed by atoms with Gasteiger partial charge in [0.15, 0.2) is 0 Å². The van der Waals surface area contributed by atoms with E-state index in [1.54, 1.807) is 24.3 Å². The molecule has 0 saturated heterocycles. The maximum atomic E-state index is 13.5. The lowest BCUT2D eigenvalue weighted by atomic mass is 10.0. The zero-order chi connectivity index (χ0) is 21.4. The lowest BCUT2D eigenvalue weighted by molar-refractivity contribution is -0.120. The Morgan fingerprint density at radius 3 is 2.33 bits per heavy atom. The number of anilines is 2. The Balaban J connectivity index is 1.85. The predicted molar refractivity (Wildman–Crippen MR) is 117 cm³/mol. The number of carbonyl (C=O) groups excluding carboxylic acids is 2. The van der Waals surface area contributed by atoms with Crippen LogP contribution in [0, 0.1) is 19.7 Å². The number of nitrogens with zero attached hydrogens (tertiary/aromatic N) is 1. The molecule has 1 aliphatic heterocycles. The highest BCUT2D eigenvalue weighted by Crippen LogP contribution is 2.35. The van der Waals surface area contributed by atoms with Crippen molar-refractivity contribution in [1.82, 2.24) is 0 Å². The van der Waals surface area contributed by atoms with Gasteiger partial charge in [-0.05, 0) is 66.9 Å². The molecule has 0 fully saturated rings. The highest BCUT2D eigenvalue weighted by molar-refractivity contribution is 6.46. The van der Waals surface area contributed by atoms with Crippen molar-refractivity contribution in [3.63, 3.8) is 0 Å². The number of carbonyl (C=O) groups is 2. The van der Waals surface area contributed by atoms with Gasteiger partial charge < -0.3 is 5.32 Å². The van der Waals surface area contributed by atoms with Gasteiger partial charge in [0.1, 0.15) is 11.5 Å². The molecule has 0 aromatic heterocycles. The SMILES string of the molecule is Cc1ccc(C)c(NC2=C(c3ccc(F)cc3)C(=O)N(c3cccc(Cl)c3)C2=O)c1. The van der Waals surface area contributed by atoms with Gasteiger partial charge in [-0.1, -0.05) is 41.9 Å². The smallest absolute Gasteiger partial charge is 0.282 e. The summed E-state index contributed by atoms with van der Waals surface area (Å²) in [5, 5.41) is 3.56. The summed E-state index contributed by atoms with van der Waals surface area (Å²) in [5.41, 5.74) is 3.80. The fourth-order valence-corrected chi connectivity index (χ4v) is 3.57. The number of hydrogen-bond acceptors (Lipinski definition) is 3. The molecule has 2 amide bonds. The van der Waals surface area contributed by atoms with E-state index in [4.69, 9.17) is 11.6 Å². The van der Waals surface area contributed by atoms with E-state index in [9.17, 15) is 14.0 Å². The molecule has 1 heterocycles. The molecule has 0 bridgehead atoms. The molecule has 30 heavy (non-hydrogen) atoms. The first kappa shape index (κ1) is 19.9. The minimum Gasteiger partial charge on any atom is -0.350 e. The van der Waals surface area contributed by atoms with Crippen molar-refractivity contribution in [2.24, 2.45) is 0 Å². The largest absolute Gasteiger partial charge is 0.350 e. The van der Waals surface area contributed by atoms with Gasteiger partial charge in [0, 0.05) is 10.7 Å². The quantitative estimate of drug-likeness (QED) is 0.567. The third-order valence-corrected chi connectivity index (χ3v) is 5.17. The van der Waals surface area contributed by atoms with Crippen LogP contribution in [0.25, 0.3) is 5.57 Å². The third kappa shape index (κ3) is 3.60. The van der Waals surface area contributed by atoms with Crippen molar-refractivity contribution in [1.29, 1.82) is 0 Å². The van der Waals surface area contributed by atoms with Gasteiger partial charge in [-0.3, -0.25) is 9.59 Å². The Morgan fingerprint density at radius 2 is 1.63 bits per heavy atom. The molecule has 6 heteroatoms. The van der Waals surface area contributed by atoms with Crippen LogP contribution in [-0.4, -0.2) is 11.8 Å². The molecule has 0 atom stereocenters. The van der Waals surface area contributed by atoms with E-state index >= 15 is 0 Å². The van der Waals surface area contributed by atoms with Crippen molar-refractivity contribution in [3.8, 4) is 0 Å². The molecule has 0 saturated carbocycles. The Bertz CT molecular complexity index is 1200. The Kier molecular flexibility index (Phi) is 5.14. The Labute approximate surface area is 178 Å². The molecule has 4 nitrogen and oxygen atoms in total. The van der Waals surface area contributed by atoms with Gasteiger partial charge in [-0.2, -0.15) is 0 Å². The van der Waals surface area contributed by atoms with Crippen molar-refractivity contribution < 1.29 is 14.0 Å². The summed E-state index contributed by atoms with van der Waals surface area (Å²) < 4.78 is 13.5. The first-order valence-electron chi connectivity index (χ1n) is 9.34. The molecule has 0 spiro atoms. The summed E-state index contributed by atoms with van der Waals surface area (Å²) >= 11 is 6.07. The molecule has 0 radical (unpaired) electrons. The maximum absolute atomic E-state index is 13.5. The zero-order valence-electron chi connectivity index (χ0n) is 16.4. The van der Waals surface area contributed by atoms with Crippen LogP contribution in [0.3, 0.4) is 0 Å². The average Bonchev–Trinajstić information content (AvgIpc) is 2.95. The summed E-state index contributed by atoms with van der Waals surface area (Å²) in [4.78, 5) is 27.8. The zero-order valence-corrected chi connectivity index (χ0v) is 17.1. The van der Waals surface area contributed by atoms with E-state index in [1.807, 2.05) is 32.0 Å². The van der Waals surface area contributed by atoms with E-state index < -0.39 is 17.6 Å². The van der Waals surface area contributed by atoms with Crippen LogP contribution < -0.4 is 10.2 Å². The molecule has 4 rings (SSSR count). The number of imide groups is 1. The first-order chi connectivity index (χ1) is 14.3. The molecule has 0 aliphatic carbocycles. The fraction of sp³-hybridized carbons (Fsp3) is 0.0833. The topological polar surface area (TPSA) is 49.4 Å². The molecule has 1 N–H and O–H groups in total. The number of rotatable bonds is 4. The van der Waals surface area contributed by atoms with Gasteiger partial charge in [0.2, 0.25) is 0 Å². The predicted octanol–water partition coefficient (Wildman–Crippen LogP) is 5.49. The van der Waals surface area contributed by atoms with Crippen LogP contribution >= 0.6 is 11.6 Å². The molecule has 1 aliphatic rings. The fourth-order valence-electron chi connectivity index (χ4n) is 3.38. The van der Waals surface area contributed by atoms with Crippen LogP contribution in [0.2, 0.25) is 5.02 Å². The number of nitrogens with one attached hydrogen (secondary N) is 1. The third-order valence-electron chi connectivity index (χ3n) is 4.94. The summed E-state index contributed by atoms with van der Waals surface area (Å²) in [7, 11) is 0. The highest BCUT2D eigenvalue weighted by atomic mass is 35.5. The number of aryl methyl sites for hydroxylation is 2. The second kappa shape index (κ2) is 7.76. The minimum atomic E-state index is -0.498. The standard InChI is InChI=1S/C24H18ClFN2O2/c1-14-6-7-15(2)20(12-14)27-22-21(16-8-10-18(26)11-9-16)23(29)28(24(22)30)19-5-3-4-17(25)13-19/h3-13,27H,1-2H3. The van der Waals surface area contributed by atoms with Crippen LogP contribution in [0.4, 0.5) is 15.8 Å². The average molecular weight is 421 g/mol. The molecule has 3 aromatic rings. The van der Waals surface area contributed by atoms with E-state index in [2.05, 4.69) is 5.32 Å². The Morgan fingerprint density at radius 1 is 0.900 bits per heavy atom. The number of amides is 2. The second-order valence-electron chi connectivity index (χ2n) is 7.13. The lowest BCUT2D eigenvalue weighted by Crippen LogP contribution is -2.32. The number of halogens is 2.